The first-order chi connectivity index (χ1) is 14.4. The summed E-state index contributed by atoms with van der Waals surface area (Å²) in [4.78, 5) is 16.9. The number of sulfone groups is 1. The zero-order valence-corrected chi connectivity index (χ0v) is 19.2. The van der Waals surface area contributed by atoms with Crippen molar-refractivity contribution in [1.82, 2.24) is 9.80 Å². The second-order valence-corrected chi connectivity index (χ2v) is 11.1. The first kappa shape index (κ1) is 23.2. The molecule has 1 aromatic carbocycles. The maximum atomic E-state index is 13.0. The zero-order chi connectivity index (χ0) is 21.6. The lowest BCUT2D eigenvalue weighted by Crippen LogP contribution is -2.48. The summed E-state index contributed by atoms with van der Waals surface area (Å²) in [5.41, 5.74) is 2.70. The van der Waals surface area contributed by atoms with Crippen LogP contribution < -0.4 is 0 Å². The Hall–Kier alpha value is -1.44. The van der Waals surface area contributed by atoms with Crippen molar-refractivity contribution < 1.29 is 17.9 Å². The fourth-order valence-electron chi connectivity index (χ4n) is 4.56. The van der Waals surface area contributed by atoms with Crippen LogP contribution in [0, 0.1) is 12.8 Å². The normalized spacial score (nSPS) is 22.3. The molecular weight excluding hydrogens is 400 g/mol. The van der Waals surface area contributed by atoms with Crippen LogP contribution in [0.5, 0.6) is 0 Å². The smallest absolute Gasteiger partial charge is 0.237 e. The summed E-state index contributed by atoms with van der Waals surface area (Å²) in [6.45, 7) is 5.26. The third-order valence-electron chi connectivity index (χ3n) is 6.53. The molecule has 2 heterocycles. The van der Waals surface area contributed by atoms with Gasteiger partial charge in [-0.1, -0.05) is 29.8 Å². The number of likely N-dealkylation sites (tertiary alicyclic amines) is 1. The largest absolute Gasteiger partial charge is 0.383 e. The molecule has 0 radical (unpaired) electrons. The van der Waals surface area contributed by atoms with Crippen molar-refractivity contribution in [2.24, 2.45) is 5.92 Å². The monoisotopic (exact) mass is 436 g/mol. The predicted octanol–water partition coefficient (Wildman–Crippen LogP) is 2.30. The molecule has 0 aliphatic carbocycles. The van der Waals surface area contributed by atoms with Gasteiger partial charge in [-0.25, -0.2) is 8.42 Å². The van der Waals surface area contributed by atoms with Gasteiger partial charge in [-0.15, -0.1) is 0 Å². The Kier molecular flexibility index (Phi) is 8.31. The van der Waals surface area contributed by atoms with E-state index in [1.165, 1.54) is 17.5 Å². The molecule has 3 rings (SSSR count). The van der Waals surface area contributed by atoms with Crippen molar-refractivity contribution in [2.45, 2.75) is 45.1 Å². The molecule has 1 amide bonds. The van der Waals surface area contributed by atoms with E-state index in [0.717, 1.165) is 32.4 Å². The molecule has 2 aliphatic heterocycles. The molecule has 2 saturated heterocycles. The molecule has 1 unspecified atom stereocenters. The third-order valence-corrected chi connectivity index (χ3v) is 8.28. The fourth-order valence-corrected chi connectivity index (χ4v) is 6.29. The maximum Gasteiger partial charge on any atom is 0.237 e. The first-order valence-corrected chi connectivity index (χ1v) is 12.9. The van der Waals surface area contributed by atoms with Crippen LogP contribution in [0.25, 0.3) is 0 Å². The van der Waals surface area contributed by atoms with E-state index in [-0.39, 0.29) is 23.5 Å². The number of amides is 1. The van der Waals surface area contributed by atoms with Crippen molar-refractivity contribution in [2.75, 3.05) is 51.4 Å². The van der Waals surface area contributed by atoms with Crippen LogP contribution in [0.3, 0.4) is 0 Å². The van der Waals surface area contributed by atoms with Gasteiger partial charge in [-0.2, -0.15) is 0 Å². The molecule has 0 spiro atoms. The van der Waals surface area contributed by atoms with Gasteiger partial charge in [0.2, 0.25) is 5.91 Å². The Bertz CT molecular complexity index is 786. The second-order valence-electron chi connectivity index (χ2n) is 8.88. The van der Waals surface area contributed by atoms with E-state index in [0.29, 0.717) is 32.0 Å². The summed E-state index contributed by atoms with van der Waals surface area (Å²) in [6.07, 6.45) is 5.10. The second kappa shape index (κ2) is 10.7. The number of hydrogen-bond donors (Lipinski definition) is 0. The lowest BCUT2D eigenvalue weighted by Gasteiger charge is -2.34. The Morgan fingerprint density at radius 1 is 1.17 bits per heavy atom. The van der Waals surface area contributed by atoms with Gasteiger partial charge in [0.25, 0.3) is 0 Å². The number of nitrogens with zero attached hydrogens (tertiary/aromatic N) is 2. The Morgan fingerprint density at radius 3 is 2.47 bits per heavy atom. The highest BCUT2D eigenvalue weighted by Gasteiger charge is 2.35. The molecule has 2 aliphatic rings. The number of hydrogen-bond acceptors (Lipinski definition) is 5. The number of rotatable bonds is 9. The minimum absolute atomic E-state index is 0.0345. The summed E-state index contributed by atoms with van der Waals surface area (Å²) in [5.74, 6) is 1.01. The van der Waals surface area contributed by atoms with Gasteiger partial charge < -0.3 is 9.64 Å². The molecule has 0 bridgehead atoms. The van der Waals surface area contributed by atoms with Crippen molar-refractivity contribution in [3.05, 3.63) is 35.4 Å². The molecule has 2 fully saturated rings. The molecule has 6 nitrogen and oxygen atoms in total. The van der Waals surface area contributed by atoms with Crippen LogP contribution in [-0.2, 0) is 25.8 Å². The van der Waals surface area contributed by atoms with Crippen LogP contribution in [0.1, 0.15) is 36.8 Å². The highest BCUT2D eigenvalue weighted by molar-refractivity contribution is 7.91. The minimum atomic E-state index is -3.02. The van der Waals surface area contributed by atoms with Crippen LogP contribution in [0.2, 0.25) is 0 Å². The quantitative estimate of drug-likeness (QED) is 0.594. The van der Waals surface area contributed by atoms with Gasteiger partial charge in [0.1, 0.15) is 0 Å². The Balaban J connectivity index is 1.45. The average Bonchev–Trinajstić information content (AvgIpc) is 3.08. The van der Waals surface area contributed by atoms with Gasteiger partial charge >= 0.3 is 0 Å². The number of aryl methyl sites for hydroxylation is 2. The van der Waals surface area contributed by atoms with E-state index in [1.807, 2.05) is 0 Å². The highest BCUT2D eigenvalue weighted by Crippen LogP contribution is 2.23. The van der Waals surface area contributed by atoms with E-state index in [2.05, 4.69) is 36.1 Å². The fraction of sp³-hybridized carbons (Fsp3) is 0.696. The molecular formula is C23H36N2O4S. The molecule has 168 valence electrons. The molecule has 7 heteroatoms. The summed E-state index contributed by atoms with van der Waals surface area (Å²) in [5, 5.41) is 0. The van der Waals surface area contributed by atoms with Crippen molar-refractivity contribution in [3.8, 4) is 0 Å². The van der Waals surface area contributed by atoms with Crippen LogP contribution >= 0.6 is 0 Å². The SMILES string of the molecule is COCCN(C(=O)CN1CCC(CCc2ccc(C)cc2)CC1)C1CCS(=O)(=O)C1. The molecule has 1 atom stereocenters. The summed E-state index contributed by atoms with van der Waals surface area (Å²) in [7, 11) is -1.41. The van der Waals surface area contributed by atoms with Gasteiger partial charge in [0.05, 0.1) is 24.7 Å². The van der Waals surface area contributed by atoms with E-state index < -0.39 is 9.84 Å². The average molecular weight is 437 g/mol. The molecule has 1 aromatic rings. The lowest BCUT2D eigenvalue weighted by molar-refractivity contribution is -0.135. The predicted molar refractivity (Wildman–Crippen MR) is 119 cm³/mol. The van der Waals surface area contributed by atoms with E-state index >= 15 is 0 Å². The Morgan fingerprint density at radius 2 is 1.87 bits per heavy atom. The molecule has 0 saturated carbocycles. The standard InChI is InChI=1S/C23H36N2O4S/c1-19-3-5-20(6-4-19)7-8-21-9-12-24(13-10-21)17-23(26)25(14-15-29-2)22-11-16-30(27,28)18-22/h3-6,21-22H,7-18H2,1-2H3. The summed E-state index contributed by atoms with van der Waals surface area (Å²) >= 11 is 0. The lowest BCUT2D eigenvalue weighted by atomic mass is 9.90. The molecule has 30 heavy (non-hydrogen) atoms. The first-order valence-electron chi connectivity index (χ1n) is 11.1. The Labute approximate surface area is 181 Å². The van der Waals surface area contributed by atoms with E-state index in [9.17, 15) is 13.2 Å². The van der Waals surface area contributed by atoms with Crippen LogP contribution in [-0.4, -0.2) is 81.6 Å². The van der Waals surface area contributed by atoms with Crippen molar-refractivity contribution in [1.29, 1.82) is 0 Å². The van der Waals surface area contributed by atoms with Crippen LogP contribution in [0.4, 0.5) is 0 Å². The van der Waals surface area contributed by atoms with Gasteiger partial charge in [-0.05, 0) is 63.6 Å². The number of ether oxygens (including phenoxy) is 1. The van der Waals surface area contributed by atoms with Crippen molar-refractivity contribution in [3.63, 3.8) is 0 Å². The van der Waals surface area contributed by atoms with Crippen molar-refractivity contribution >= 4 is 15.7 Å². The summed E-state index contributed by atoms with van der Waals surface area (Å²) < 4.78 is 28.9. The minimum Gasteiger partial charge on any atom is -0.383 e. The van der Waals surface area contributed by atoms with Gasteiger partial charge in [0, 0.05) is 19.7 Å². The van der Waals surface area contributed by atoms with Crippen LogP contribution in [0.15, 0.2) is 24.3 Å². The maximum absolute atomic E-state index is 13.0. The highest BCUT2D eigenvalue weighted by atomic mass is 32.2. The number of methoxy groups -OCH3 is 1. The molecule has 0 N–H and O–H groups in total. The number of piperidine rings is 1. The van der Waals surface area contributed by atoms with Gasteiger partial charge in [0.15, 0.2) is 9.84 Å². The number of carbonyl (C=O) groups excluding carboxylic acids is 1. The topological polar surface area (TPSA) is 66.9 Å². The molecule has 0 aromatic heterocycles. The summed E-state index contributed by atoms with van der Waals surface area (Å²) in [6, 6.07) is 8.59. The number of benzene rings is 1. The number of carbonyl (C=O) groups is 1. The van der Waals surface area contributed by atoms with Gasteiger partial charge in [-0.3, -0.25) is 9.69 Å². The third kappa shape index (κ3) is 6.79. The zero-order valence-electron chi connectivity index (χ0n) is 18.4. The van der Waals surface area contributed by atoms with E-state index in [1.54, 1.807) is 12.0 Å². The van der Waals surface area contributed by atoms with E-state index in [4.69, 9.17) is 4.74 Å².